The van der Waals surface area contributed by atoms with Crippen molar-refractivity contribution in [3.8, 4) is 6.07 Å². The summed E-state index contributed by atoms with van der Waals surface area (Å²) in [7, 11) is 1.69. The van der Waals surface area contributed by atoms with Gasteiger partial charge in [0.25, 0.3) is 0 Å². The van der Waals surface area contributed by atoms with Gasteiger partial charge in [-0.05, 0) is 24.6 Å². The van der Waals surface area contributed by atoms with Gasteiger partial charge in [0.15, 0.2) is 0 Å². The number of nitrogens with one attached hydrogen (secondary N) is 1. The summed E-state index contributed by atoms with van der Waals surface area (Å²) in [6.45, 7) is 0.737. The summed E-state index contributed by atoms with van der Waals surface area (Å²) in [6, 6.07) is 7.58. The van der Waals surface area contributed by atoms with Crippen molar-refractivity contribution in [2.24, 2.45) is 0 Å². The number of methoxy groups -OCH3 is 1. The van der Waals surface area contributed by atoms with Crippen molar-refractivity contribution in [1.82, 2.24) is 9.97 Å². The van der Waals surface area contributed by atoms with Crippen molar-refractivity contribution < 1.29 is 4.74 Å². The molecule has 0 spiro atoms. The fourth-order valence-electron chi connectivity index (χ4n) is 1.63. The Morgan fingerprint density at radius 3 is 3.12 bits per heavy atom. The molecule has 0 amide bonds. The van der Waals surface area contributed by atoms with E-state index in [0.29, 0.717) is 5.56 Å². The number of hydrogen-bond donors (Lipinski definition) is 1. The molecule has 1 aromatic carbocycles. The smallest absolute Gasteiger partial charge is 0.107 e. The van der Waals surface area contributed by atoms with Crippen LogP contribution in [0.3, 0.4) is 0 Å². The molecule has 0 aliphatic rings. The van der Waals surface area contributed by atoms with Gasteiger partial charge < -0.3 is 9.72 Å². The van der Waals surface area contributed by atoms with Crippen LogP contribution in [0.2, 0.25) is 0 Å². The molecule has 0 fully saturated rings. The molecular weight excluding hydrogens is 202 g/mol. The number of imidazole rings is 1. The Labute approximate surface area is 93.9 Å². The standard InChI is InChI=1S/C12H13N3O/c1-16-6-2-3-12-14-10-5-4-9(8-13)7-11(10)15-12/h4-5,7H,2-3,6H2,1H3,(H,14,15). The molecule has 0 bridgehead atoms. The van der Waals surface area contributed by atoms with Crippen LogP contribution < -0.4 is 0 Å². The third kappa shape index (κ3) is 2.20. The fourth-order valence-corrected chi connectivity index (χ4v) is 1.63. The first kappa shape index (κ1) is 10.7. The van der Waals surface area contributed by atoms with E-state index in [4.69, 9.17) is 10.00 Å². The number of rotatable bonds is 4. The molecule has 0 aliphatic carbocycles. The van der Waals surface area contributed by atoms with E-state index < -0.39 is 0 Å². The van der Waals surface area contributed by atoms with Crippen molar-refractivity contribution in [2.45, 2.75) is 12.8 Å². The largest absolute Gasteiger partial charge is 0.385 e. The quantitative estimate of drug-likeness (QED) is 0.793. The SMILES string of the molecule is COCCCc1nc2ccc(C#N)cc2[nH]1. The maximum absolute atomic E-state index is 8.78. The highest BCUT2D eigenvalue weighted by atomic mass is 16.5. The van der Waals surface area contributed by atoms with E-state index in [1.165, 1.54) is 0 Å². The zero-order chi connectivity index (χ0) is 11.4. The minimum Gasteiger partial charge on any atom is -0.385 e. The van der Waals surface area contributed by atoms with Gasteiger partial charge in [0.1, 0.15) is 5.82 Å². The molecule has 0 radical (unpaired) electrons. The van der Waals surface area contributed by atoms with E-state index in [1.807, 2.05) is 12.1 Å². The highest BCUT2D eigenvalue weighted by Crippen LogP contribution is 2.14. The molecule has 0 saturated carbocycles. The van der Waals surface area contributed by atoms with E-state index in [1.54, 1.807) is 13.2 Å². The van der Waals surface area contributed by atoms with Crippen molar-refractivity contribution in [1.29, 1.82) is 5.26 Å². The summed E-state index contributed by atoms with van der Waals surface area (Å²) >= 11 is 0. The lowest BCUT2D eigenvalue weighted by Crippen LogP contribution is -1.93. The Kier molecular flexibility index (Phi) is 3.18. The number of H-pyrrole nitrogens is 1. The zero-order valence-corrected chi connectivity index (χ0v) is 9.16. The summed E-state index contributed by atoms with van der Waals surface area (Å²) in [6.07, 6.45) is 1.81. The molecule has 0 atom stereocenters. The average molecular weight is 215 g/mol. The first-order valence-electron chi connectivity index (χ1n) is 5.21. The van der Waals surface area contributed by atoms with Crippen LogP contribution in [0.5, 0.6) is 0 Å². The van der Waals surface area contributed by atoms with Gasteiger partial charge in [0.05, 0.1) is 22.7 Å². The molecule has 4 nitrogen and oxygen atoms in total. The first-order valence-corrected chi connectivity index (χ1v) is 5.21. The van der Waals surface area contributed by atoms with Gasteiger partial charge in [0, 0.05) is 20.1 Å². The third-order valence-electron chi connectivity index (χ3n) is 2.42. The summed E-state index contributed by atoms with van der Waals surface area (Å²) in [4.78, 5) is 7.65. The van der Waals surface area contributed by atoms with Gasteiger partial charge in [-0.1, -0.05) is 0 Å². The molecule has 2 rings (SSSR count). The summed E-state index contributed by atoms with van der Waals surface area (Å²) in [5.74, 6) is 0.946. The molecule has 1 heterocycles. The minimum atomic E-state index is 0.652. The number of aryl methyl sites for hydroxylation is 1. The maximum atomic E-state index is 8.78. The normalized spacial score (nSPS) is 10.5. The summed E-state index contributed by atoms with van der Waals surface area (Å²) < 4.78 is 4.99. The number of ether oxygens (including phenoxy) is 1. The molecule has 0 unspecified atom stereocenters. The Bertz CT molecular complexity index is 525. The molecule has 82 valence electrons. The van der Waals surface area contributed by atoms with Crippen LogP contribution in [0, 0.1) is 11.3 Å². The maximum Gasteiger partial charge on any atom is 0.107 e. The molecule has 1 aromatic heterocycles. The van der Waals surface area contributed by atoms with E-state index in [-0.39, 0.29) is 0 Å². The third-order valence-corrected chi connectivity index (χ3v) is 2.42. The Morgan fingerprint density at radius 1 is 1.50 bits per heavy atom. The van der Waals surface area contributed by atoms with E-state index in [0.717, 1.165) is 36.3 Å². The van der Waals surface area contributed by atoms with Crippen LogP contribution in [-0.4, -0.2) is 23.7 Å². The lowest BCUT2D eigenvalue weighted by Gasteiger charge is -1.95. The second-order valence-corrected chi connectivity index (χ2v) is 3.62. The number of nitrogens with zero attached hydrogens (tertiary/aromatic N) is 2. The molecular formula is C12H13N3O. The van der Waals surface area contributed by atoms with Gasteiger partial charge in [-0.25, -0.2) is 4.98 Å². The molecule has 1 N–H and O–H groups in total. The number of benzene rings is 1. The van der Waals surface area contributed by atoms with Gasteiger partial charge in [-0.3, -0.25) is 0 Å². The highest BCUT2D eigenvalue weighted by Gasteiger charge is 2.03. The highest BCUT2D eigenvalue weighted by molar-refractivity contribution is 5.76. The number of nitriles is 1. The monoisotopic (exact) mass is 215 g/mol. The molecule has 4 heteroatoms. The number of fused-ring (bicyclic) bond motifs is 1. The van der Waals surface area contributed by atoms with Crippen LogP contribution in [0.25, 0.3) is 11.0 Å². The first-order chi connectivity index (χ1) is 7.83. The second kappa shape index (κ2) is 4.77. The number of aromatic amines is 1. The van der Waals surface area contributed by atoms with Gasteiger partial charge in [-0.2, -0.15) is 5.26 Å². The second-order valence-electron chi connectivity index (χ2n) is 3.62. The number of aromatic nitrogens is 2. The van der Waals surface area contributed by atoms with Crippen LogP contribution >= 0.6 is 0 Å². The minimum absolute atomic E-state index is 0.652. The van der Waals surface area contributed by atoms with Gasteiger partial charge >= 0.3 is 0 Å². The Morgan fingerprint density at radius 2 is 2.38 bits per heavy atom. The predicted octanol–water partition coefficient (Wildman–Crippen LogP) is 2.01. The average Bonchev–Trinajstić information content (AvgIpc) is 2.70. The molecule has 16 heavy (non-hydrogen) atoms. The van der Waals surface area contributed by atoms with Crippen LogP contribution in [0.1, 0.15) is 17.8 Å². The van der Waals surface area contributed by atoms with Crippen molar-refractivity contribution in [3.63, 3.8) is 0 Å². The van der Waals surface area contributed by atoms with Gasteiger partial charge in [0.2, 0.25) is 0 Å². The topological polar surface area (TPSA) is 61.7 Å². The molecule has 2 aromatic rings. The van der Waals surface area contributed by atoms with Crippen molar-refractivity contribution >= 4 is 11.0 Å². The van der Waals surface area contributed by atoms with E-state index in [2.05, 4.69) is 16.0 Å². The fraction of sp³-hybridized carbons (Fsp3) is 0.333. The van der Waals surface area contributed by atoms with Crippen molar-refractivity contribution in [2.75, 3.05) is 13.7 Å². The Balaban J connectivity index is 2.20. The van der Waals surface area contributed by atoms with Crippen LogP contribution in [-0.2, 0) is 11.2 Å². The predicted molar refractivity (Wildman–Crippen MR) is 61.0 cm³/mol. The lowest BCUT2D eigenvalue weighted by molar-refractivity contribution is 0.194. The summed E-state index contributed by atoms with van der Waals surface area (Å²) in [5, 5.41) is 8.78. The molecule has 0 saturated heterocycles. The summed E-state index contributed by atoms with van der Waals surface area (Å²) in [5.41, 5.74) is 2.48. The van der Waals surface area contributed by atoms with Gasteiger partial charge in [-0.15, -0.1) is 0 Å². The lowest BCUT2D eigenvalue weighted by atomic mass is 10.2. The van der Waals surface area contributed by atoms with Crippen molar-refractivity contribution in [3.05, 3.63) is 29.6 Å². The molecule has 0 aliphatic heterocycles. The van der Waals surface area contributed by atoms with Crippen LogP contribution in [0.4, 0.5) is 0 Å². The van der Waals surface area contributed by atoms with Crippen LogP contribution in [0.15, 0.2) is 18.2 Å². The van der Waals surface area contributed by atoms with E-state index in [9.17, 15) is 0 Å². The number of hydrogen-bond acceptors (Lipinski definition) is 3. The van der Waals surface area contributed by atoms with E-state index >= 15 is 0 Å². The zero-order valence-electron chi connectivity index (χ0n) is 9.16. The Hall–Kier alpha value is -1.86.